The molecule has 0 radical (unpaired) electrons. The van der Waals surface area contributed by atoms with Crippen LogP contribution in [0.5, 0.6) is 0 Å². The molecule has 0 amide bonds. The minimum atomic E-state index is 0.404. The van der Waals surface area contributed by atoms with E-state index in [1.54, 1.807) is 0 Å². The van der Waals surface area contributed by atoms with Gasteiger partial charge < -0.3 is 5.01 Å². The predicted octanol–water partition coefficient (Wildman–Crippen LogP) is 3.55. The zero-order chi connectivity index (χ0) is 12.5. The Balaban J connectivity index is 2.17. The molecule has 0 saturated carbocycles. The highest BCUT2D eigenvalue weighted by molar-refractivity contribution is 6.35. The Bertz CT molecular complexity index is 559. The van der Waals surface area contributed by atoms with Gasteiger partial charge in [0.25, 0.3) is 0 Å². The van der Waals surface area contributed by atoms with Crippen molar-refractivity contribution in [3.8, 4) is 0 Å². The molecule has 2 heterocycles. The Hall–Kier alpha value is -0.930. The summed E-state index contributed by atoms with van der Waals surface area (Å²) in [5.74, 6) is 1.28. The van der Waals surface area contributed by atoms with Gasteiger partial charge in [-0.15, -0.1) is 11.6 Å². The van der Waals surface area contributed by atoms with E-state index in [0.717, 1.165) is 35.0 Å². The molecule has 0 atom stereocenters. The molecule has 2 aromatic rings. The van der Waals surface area contributed by atoms with E-state index in [-0.39, 0.29) is 0 Å². The van der Waals surface area contributed by atoms with Gasteiger partial charge in [0.15, 0.2) is 0 Å². The van der Waals surface area contributed by atoms with Crippen LogP contribution in [0.2, 0.25) is 5.02 Å². The summed E-state index contributed by atoms with van der Waals surface area (Å²) in [7, 11) is 0. The van der Waals surface area contributed by atoms with Crippen molar-refractivity contribution in [3.05, 3.63) is 29.0 Å². The quantitative estimate of drug-likeness (QED) is 0.786. The normalized spacial score (nSPS) is 16.4. The lowest BCUT2D eigenvalue weighted by Crippen LogP contribution is -2.40. The first-order valence-electron chi connectivity index (χ1n) is 6.28. The Kier molecular flexibility index (Phi) is 3.35. The number of piperidine rings is 1. The Morgan fingerprint density at radius 2 is 1.94 bits per heavy atom. The average Bonchev–Trinajstić information content (AvgIpc) is 2.79. The first kappa shape index (κ1) is 12.1. The summed E-state index contributed by atoms with van der Waals surface area (Å²) in [6.07, 6.45) is 3.73. The molecule has 0 unspecified atom stereocenters. The van der Waals surface area contributed by atoms with E-state index in [1.807, 2.05) is 18.2 Å². The molecule has 0 aliphatic carbocycles. The molecule has 3 rings (SSSR count). The van der Waals surface area contributed by atoms with Crippen molar-refractivity contribution in [2.45, 2.75) is 25.1 Å². The lowest BCUT2D eigenvalue weighted by Gasteiger charge is -2.31. The van der Waals surface area contributed by atoms with Crippen molar-refractivity contribution in [3.63, 3.8) is 0 Å². The first-order valence-corrected chi connectivity index (χ1v) is 7.19. The summed E-state index contributed by atoms with van der Waals surface area (Å²) in [6, 6.07) is 5.82. The number of nitrogens with zero attached hydrogens (tertiary/aromatic N) is 3. The molecule has 1 fully saturated rings. The van der Waals surface area contributed by atoms with Gasteiger partial charge in [0.1, 0.15) is 11.3 Å². The summed E-state index contributed by atoms with van der Waals surface area (Å²) in [5.41, 5.74) is 1.90. The van der Waals surface area contributed by atoms with E-state index in [4.69, 9.17) is 23.2 Å². The predicted molar refractivity (Wildman–Crippen MR) is 76.1 cm³/mol. The Morgan fingerprint density at radius 3 is 2.67 bits per heavy atom. The highest BCUT2D eigenvalue weighted by Gasteiger charge is 2.19. The van der Waals surface area contributed by atoms with Crippen molar-refractivity contribution < 1.29 is 0 Å². The van der Waals surface area contributed by atoms with Crippen LogP contribution in [0.1, 0.15) is 25.1 Å². The fraction of sp³-hybridized carbons (Fsp3) is 0.462. The molecule has 96 valence electrons. The fourth-order valence-electron chi connectivity index (χ4n) is 2.59. The maximum Gasteiger partial charge on any atom is 0.143 e. The van der Waals surface area contributed by atoms with Crippen LogP contribution < -0.4 is 5.01 Å². The molecule has 5 heteroatoms. The number of para-hydroxylation sites is 1. The van der Waals surface area contributed by atoms with Crippen LogP contribution in [0, 0.1) is 0 Å². The Morgan fingerprint density at radius 1 is 1.17 bits per heavy atom. The van der Waals surface area contributed by atoms with Crippen molar-refractivity contribution in [1.29, 1.82) is 0 Å². The molecule has 18 heavy (non-hydrogen) atoms. The van der Waals surface area contributed by atoms with Crippen molar-refractivity contribution in [2.24, 2.45) is 0 Å². The molecule has 1 saturated heterocycles. The number of hydrogen-bond acceptors (Lipinski definition) is 2. The van der Waals surface area contributed by atoms with Crippen LogP contribution >= 0.6 is 23.2 Å². The molecule has 1 aromatic carbocycles. The fourth-order valence-corrected chi connectivity index (χ4v) is 3.01. The maximum absolute atomic E-state index is 6.32. The monoisotopic (exact) mass is 283 g/mol. The molecule has 0 N–H and O–H groups in total. The summed E-state index contributed by atoms with van der Waals surface area (Å²) >= 11 is 12.3. The van der Waals surface area contributed by atoms with Gasteiger partial charge in [-0.25, -0.2) is 9.66 Å². The third kappa shape index (κ3) is 1.95. The van der Waals surface area contributed by atoms with Crippen LogP contribution in [0.4, 0.5) is 0 Å². The van der Waals surface area contributed by atoms with Gasteiger partial charge in [0, 0.05) is 13.1 Å². The van der Waals surface area contributed by atoms with Gasteiger partial charge in [-0.05, 0) is 31.4 Å². The van der Waals surface area contributed by atoms with E-state index in [0.29, 0.717) is 5.88 Å². The van der Waals surface area contributed by atoms with Gasteiger partial charge in [0.05, 0.1) is 16.4 Å². The number of alkyl halides is 1. The molecule has 0 spiro atoms. The lowest BCUT2D eigenvalue weighted by atomic mass is 10.2. The summed E-state index contributed by atoms with van der Waals surface area (Å²) < 4.78 is 2.11. The number of imidazole rings is 1. The molecule has 0 bridgehead atoms. The zero-order valence-corrected chi connectivity index (χ0v) is 11.6. The topological polar surface area (TPSA) is 21.1 Å². The summed E-state index contributed by atoms with van der Waals surface area (Å²) in [6.45, 7) is 2.08. The first-order chi connectivity index (χ1) is 8.81. The number of benzene rings is 1. The number of halogens is 2. The van der Waals surface area contributed by atoms with E-state index in [1.165, 1.54) is 19.3 Å². The van der Waals surface area contributed by atoms with Crippen LogP contribution in [0.15, 0.2) is 18.2 Å². The van der Waals surface area contributed by atoms with E-state index < -0.39 is 0 Å². The molecular formula is C13H15Cl2N3. The number of rotatable bonds is 2. The van der Waals surface area contributed by atoms with Gasteiger partial charge in [0.2, 0.25) is 0 Å². The zero-order valence-electron chi connectivity index (χ0n) is 10.1. The van der Waals surface area contributed by atoms with Crippen LogP contribution in [0.3, 0.4) is 0 Å². The molecular weight excluding hydrogens is 269 g/mol. The summed E-state index contributed by atoms with van der Waals surface area (Å²) in [4.78, 5) is 4.57. The lowest BCUT2D eigenvalue weighted by molar-refractivity contribution is 0.478. The molecule has 3 nitrogen and oxygen atoms in total. The second kappa shape index (κ2) is 4.98. The Labute approximate surface area is 116 Å². The maximum atomic E-state index is 6.32. The van der Waals surface area contributed by atoms with Crippen LogP contribution in [-0.4, -0.2) is 22.7 Å². The average molecular weight is 284 g/mol. The SMILES string of the molecule is ClCc1nc2cccc(Cl)c2n1N1CCCCC1. The highest BCUT2D eigenvalue weighted by Crippen LogP contribution is 2.26. The smallest absolute Gasteiger partial charge is 0.143 e. The van der Waals surface area contributed by atoms with Gasteiger partial charge in [-0.1, -0.05) is 17.7 Å². The van der Waals surface area contributed by atoms with Crippen LogP contribution in [0.25, 0.3) is 11.0 Å². The highest BCUT2D eigenvalue weighted by atomic mass is 35.5. The molecule has 1 aliphatic rings. The third-order valence-corrected chi connectivity index (χ3v) is 3.95. The van der Waals surface area contributed by atoms with Crippen molar-refractivity contribution in [1.82, 2.24) is 9.66 Å². The minimum Gasteiger partial charge on any atom is -0.311 e. The molecule has 1 aliphatic heterocycles. The van der Waals surface area contributed by atoms with Crippen LogP contribution in [-0.2, 0) is 5.88 Å². The third-order valence-electron chi connectivity index (χ3n) is 3.41. The van der Waals surface area contributed by atoms with Gasteiger partial charge in [-0.2, -0.15) is 0 Å². The minimum absolute atomic E-state index is 0.404. The van der Waals surface area contributed by atoms with Gasteiger partial charge >= 0.3 is 0 Å². The number of aromatic nitrogens is 2. The van der Waals surface area contributed by atoms with Crippen molar-refractivity contribution in [2.75, 3.05) is 18.1 Å². The van der Waals surface area contributed by atoms with E-state index in [2.05, 4.69) is 14.7 Å². The largest absolute Gasteiger partial charge is 0.311 e. The summed E-state index contributed by atoms with van der Waals surface area (Å²) in [5, 5.41) is 3.05. The number of hydrogen-bond donors (Lipinski definition) is 0. The van der Waals surface area contributed by atoms with E-state index >= 15 is 0 Å². The standard InChI is InChI=1S/C13H15Cl2N3/c14-9-12-16-11-6-4-5-10(15)13(11)18(12)17-7-2-1-3-8-17/h4-6H,1-3,7-9H2. The second-order valence-corrected chi connectivity index (χ2v) is 5.27. The molecule has 1 aromatic heterocycles. The number of fused-ring (bicyclic) bond motifs is 1. The second-order valence-electron chi connectivity index (χ2n) is 4.60. The van der Waals surface area contributed by atoms with Gasteiger partial charge in [-0.3, -0.25) is 0 Å². The van der Waals surface area contributed by atoms with E-state index in [9.17, 15) is 0 Å². The van der Waals surface area contributed by atoms with Crippen molar-refractivity contribution >= 4 is 34.2 Å².